The first-order valence-corrected chi connectivity index (χ1v) is 8.52. The Morgan fingerprint density at radius 1 is 1.35 bits per heavy atom. The molecule has 1 N–H and O–H groups in total. The predicted molar refractivity (Wildman–Crippen MR) is 91.0 cm³/mol. The van der Waals surface area contributed by atoms with Crippen molar-refractivity contribution in [3.05, 3.63) is 41.1 Å². The van der Waals surface area contributed by atoms with Crippen molar-refractivity contribution in [2.24, 2.45) is 5.92 Å². The molecule has 2 unspecified atom stereocenters. The lowest BCUT2D eigenvalue weighted by Crippen LogP contribution is -2.36. The van der Waals surface area contributed by atoms with E-state index < -0.39 is 23.8 Å². The molecule has 142 valence electrons. The number of Topliss-reactive ketones (excluding diaryl/α,β-unsaturated/α-hetero) is 1. The fourth-order valence-corrected chi connectivity index (χ4v) is 3.10. The van der Waals surface area contributed by atoms with E-state index in [1.807, 2.05) is 6.92 Å². The second-order valence-electron chi connectivity index (χ2n) is 6.23. The molecule has 0 aromatic heterocycles. The molecule has 1 aliphatic carbocycles. The van der Waals surface area contributed by atoms with Gasteiger partial charge in [-0.05, 0) is 37.0 Å². The number of carbonyl (C=O) groups excluding carboxylic acids is 2. The molecule has 1 aromatic carbocycles. The Morgan fingerprint density at radius 3 is 2.58 bits per heavy atom. The molecule has 4 nitrogen and oxygen atoms in total. The number of alkyl halides is 3. The van der Waals surface area contributed by atoms with Crippen LogP contribution in [0.25, 0.3) is 5.57 Å². The van der Waals surface area contributed by atoms with Crippen LogP contribution < -0.4 is 5.32 Å². The van der Waals surface area contributed by atoms with E-state index >= 15 is 0 Å². The van der Waals surface area contributed by atoms with Crippen LogP contribution in [0.4, 0.5) is 13.2 Å². The van der Waals surface area contributed by atoms with Crippen molar-refractivity contribution >= 4 is 17.3 Å². The number of halogens is 3. The minimum absolute atomic E-state index is 0.200. The number of nitrogens with one attached hydrogen (secondary N) is 1. The maximum Gasteiger partial charge on any atom is 0.416 e. The molecule has 2 atom stereocenters. The predicted octanol–water partition coefficient (Wildman–Crippen LogP) is 3.96. The van der Waals surface area contributed by atoms with Crippen LogP contribution in [0.5, 0.6) is 0 Å². The van der Waals surface area contributed by atoms with Crippen molar-refractivity contribution < 1.29 is 27.5 Å². The zero-order valence-corrected chi connectivity index (χ0v) is 14.9. The Balaban J connectivity index is 2.48. The van der Waals surface area contributed by atoms with Gasteiger partial charge in [-0.2, -0.15) is 13.2 Å². The average molecular weight is 369 g/mol. The number of ether oxygens (including phenoxy) is 1. The van der Waals surface area contributed by atoms with Gasteiger partial charge >= 0.3 is 12.1 Å². The Hall–Kier alpha value is -2.31. The maximum atomic E-state index is 13.0. The normalized spacial score (nSPS) is 18.8. The zero-order chi connectivity index (χ0) is 19.5. The van der Waals surface area contributed by atoms with Crippen LogP contribution in [0, 0.1) is 5.92 Å². The summed E-state index contributed by atoms with van der Waals surface area (Å²) in [5.41, 5.74) is 0.126. The number of carbonyl (C=O) groups is 2. The van der Waals surface area contributed by atoms with Gasteiger partial charge in [0.1, 0.15) is 6.04 Å². The molecule has 0 saturated carbocycles. The van der Waals surface area contributed by atoms with Gasteiger partial charge in [0.2, 0.25) is 0 Å². The summed E-state index contributed by atoms with van der Waals surface area (Å²) in [5.74, 6) is -0.984. The summed E-state index contributed by atoms with van der Waals surface area (Å²) >= 11 is 0. The molecule has 0 heterocycles. The third-order valence-electron chi connectivity index (χ3n) is 4.58. The summed E-state index contributed by atoms with van der Waals surface area (Å²) in [6.45, 7) is 3.64. The summed E-state index contributed by atoms with van der Waals surface area (Å²) < 4.78 is 43.8. The van der Waals surface area contributed by atoms with Gasteiger partial charge < -0.3 is 10.1 Å². The van der Waals surface area contributed by atoms with Crippen LogP contribution in [0.2, 0.25) is 0 Å². The molecule has 26 heavy (non-hydrogen) atoms. The second-order valence-corrected chi connectivity index (χ2v) is 6.23. The van der Waals surface area contributed by atoms with E-state index in [0.717, 1.165) is 12.1 Å². The lowest BCUT2D eigenvalue weighted by Gasteiger charge is -2.18. The number of methoxy groups -OCH3 is 1. The topological polar surface area (TPSA) is 55.4 Å². The highest BCUT2D eigenvalue weighted by Gasteiger charge is 2.36. The third-order valence-corrected chi connectivity index (χ3v) is 4.58. The molecule has 0 fully saturated rings. The first kappa shape index (κ1) is 20.0. The van der Waals surface area contributed by atoms with Crippen molar-refractivity contribution in [1.29, 1.82) is 0 Å². The van der Waals surface area contributed by atoms with E-state index in [0.29, 0.717) is 25.0 Å². The molecule has 0 aliphatic heterocycles. The molecule has 1 aromatic rings. The van der Waals surface area contributed by atoms with Gasteiger partial charge in [0, 0.05) is 17.2 Å². The van der Waals surface area contributed by atoms with Crippen molar-refractivity contribution in [2.75, 3.05) is 7.11 Å². The zero-order valence-electron chi connectivity index (χ0n) is 14.9. The summed E-state index contributed by atoms with van der Waals surface area (Å²) in [4.78, 5) is 24.6. The van der Waals surface area contributed by atoms with Crippen molar-refractivity contribution in [3.8, 4) is 0 Å². The van der Waals surface area contributed by atoms with E-state index in [-0.39, 0.29) is 22.8 Å². The second kappa shape index (κ2) is 7.93. The Morgan fingerprint density at radius 2 is 2.04 bits per heavy atom. The molecule has 7 heteroatoms. The first-order chi connectivity index (χ1) is 12.2. The first-order valence-electron chi connectivity index (χ1n) is 8.52. The maximum absolute atomic E-state index is 13.0. The van der Waals surface area contributed by atoms with E-state index in [9.17, 15) is 22.8 Å². The van der Waals surface area contributed by atoms with Crippen LogP contribution in [-0.2, 0) is 20.5 Å². The van der Waals surface area contributed by atoms with E-state index in [1.54, 1.807) is 6.92 Å². The van der Waals surface area contributed by atoms with Gasteiger partial charge in [-0.15, -0.1) is 0 Å². The third kappa shape index (κ3) is 4.08. The van der Waals surface area contributed by atoms with Crippen LogP contribution in [0.3, 0.4) is 0 Å². The quantitative estimate of drug-likeness (QED) is 0.772. The highest BCUT2D eigenvalue weighted by atomic mass is 19.4. The largest absolute Gasteiger partial charge is 0.467 e. The minimum Gasteiger partial charge on any atom is -0.467 e. The number of allylic oxidation sites excluding steroid dienone is 2. The summed E-state index contributed by atoms with van der Waals surface area (Å²) in [7, 11) is 1.27. The highest BCUT2D eigenvalue weighted by Crippen LogP contribution is 2.38. The number of hydrogen-bond acceptors (Lipinski definition) is 4. The van der Waals surface area contributed by atoms with Gasteiger partial charge in [0.15, 0.2) is 5.78 Å². The van der Waals surface area contributed by atoms with Crippen molar-refractivity contribution in [2.45, 2.75) is 45.3 Å². The van der Waals surface area contributed by atoms with Gasteiger partial charge in [0.05, 0.1) is 12.7 Å². The number of rotatable bonds is 6. The SMILES string of the molecule is CCC1CC(NC(CC)C(=O)OC)=C(c2cccc(C(F)(F)F)c2)C1=O. The molecule has 0 amide bonds. The number of esters is 1. The average Bonchev–Trinajstić information content (AvgIpc) is 2.93. The molecule has 0 spiro atoms. The lowest BCUT2D eigenvalue weighted by molar-refractivity contribution is -0.143. The number of ketones is 1. The molecular formula is C19H22F3NO3. The van der Waals surface area contributed by atoms with Crippen LogP contribution in [0.1, 0.15) is 44.2 Å². The van der Waals surface area contributed by atoms with Crippen molar-refractivity contribution in [1.82, 2.24) is 5.32 Å². The summed E-state index contributed by atoms with van der Waals surface area (Å²) in [6.07, 6.45) is -3.12. The summed E-state index contributed by atoms with van der Waals surface area (Å²) in [5, 5.41) is 3.02. The lowest BCUT2D eigenvalue weighted by atomic mass is 9.96. The van der Waals surface area contributed by atoms with E-state index in [4.69, 9.17) is 4.74 Å². The molecule has 0 radical (unpaired) electrons. The van der Waals surface area contributed by atoms with Gasteiger partial charge in [-0.3, -0.25) is 4.79 Å². The minimum atomic E-state index is -4.49. The monoisotopic (exact) mass is 369 g/mol. The Labute approximate surface area is 150 Å². The van der Waals surface area contributed by atoms with E-state index in [2.05, 4.69) is 5.32 Å². The van der Waals surface area contributed by atoms with Crippen LogP contribution >= 0.6 is 0 Å². The fourth-order valence-electron chi connectivity index (χ4n) is 3.10. The Bertz CT molecular complexity index is 725. The van der Waals surface area contributed by atoms with Gasteiger partial charge in [-0.25, -0.2) is 4.79 Å². The highest BCUT2D eigenvalue weighted by molar-refractivity contribution is 6.24. The van der Waals surface area contributed by atoms with E-state index in [1.165, 1.54) is 19.2 Å². The fraction of sp³-hybridized carbons (Fsp3) is 0.474. The number of benzene rings is 1. The van der Waals surface area contributed by atoms with Crippen LogP contribution in [-0.4, -0.2) is 24.9 Å². The van der Waals surface area contributed by atoms with Gasteiger partial charge in [0.25, 0.3) is 0 Å². The van der Waals surface area contributed by atoms with Gasteiger partial charge in [-0.1, -0.05) is 26.0 Å². The molecular weight excluding hydrogens is 347 g/mol. The van der Waals surface area contributed by atoms with Crippen LogP contribution in [0.15, 0.2) is 30.0 Å². The molecule has 0 saturated heterocycles. The Kier molecular flexibility index (Phi) is 6.10. The smallest absolute Gasteiger partial charge is 0.416 e. The molecule has 0 bridgehead atoms. The molecule has 1 aliphatic rings. The molecule has 2 rings (SSSR count). The van der Waals surface area contributed by atoms with Crippen molar-refractivity contribution in [3.63, 3.8) is 0 Å². The summed E-state index contributed by atoms with van der Waals surface area (Å²) in [6, 6.07) is 4.07. The number of hydrogen-bond donors (Lipinski definition) is 1. The standard InChI is InChI=1S/C19H22F3NO3/c1-4-11-10-15(23-14(5-2)18(25)26-3)16(17(11)24)12-7-6-8-13(9-12)19(20,21)22/h6-9,11,14,23H,4-5,10H2,1-3H3.